The number of hydrogen-bond acceptors (Lipinski definition) is 6. The first-order valence-corrected chi connectivity index (χ1v) is 10.6. The molecule has 0 aliphatic carbocycles. The molecule has 0 spiro atoms. The van der Waals surface area contributed by atoms with Gasteiger partial charge in [0.05, 0.1) is 5.75 Å². The average molecular weight is 470 g/mol. The van der Waals surface area contributed by atoms with Crippen LogP contribution < -0.4 is 10.1 Å². The maximum absolute atomic E-state index is 12.0. The van der Waals surface area contributed by atoms with Gasteiger partial charge in [-0.1, -0.05) is 58.0 Å². The van der Waals surface area contributed by atoms with Crippen LogP contribution in [0.1, 0.15) is 5.89 Å². The van der Waals surface area contributed by atoms with Crippen LogP contribution in [0.2, 0.25) is 0 Å². The van der Waals surface area contributed by atoms with Crippen molar-refractivity contribution in [2.45, 2.75) is 11.8 Å². The lowest BCUT2D eigenvalue weighted by molar-refractivity contribution is -0.113. The molecule has 8 heteroatoms. The molecule has 146 valence electrons. The number of nitrogens with one attached hydrogen (secondary N) is 1. The zero-order chi connectivity index (χ0) is 20.1. The Balaban J connectivity index is 1.27. The standard InChI is InChI=1S/C21H16BrN3O3S/c22-16-6-8-17(9-7-16)23-19(26)13-29-21-25-24-20(28-21)12-27-18-10-5-14-3-1-2-4-15(14)11-18/h1-11H,12-13H2,(H,23,26). The summed E-state index contributed by atoms with van der Waals surface area (Å²) in [7, 11) is 0. The number of carbonyl (C=O) groups is 1. The van der Waals surface area contributed by atoms with E-state index in [4.69, 9.17) is 9.15 Å². The Morgan fingerprint density at radius 3 is 2.66 bits per heavy atom. The minimum Gasteiger partial charge on any atom is -0.484 e. The average Bonchev–Trinajstić information content (AvgIpc) is 3.20. The summed E-state index contributed by atoms with van der Waals surface area (Å²) in [5.41, 5.74) is 0.730. The van der Waals surface area contributed by atoms with Crippen molar-refractivity contribution in [3.63, 3.8) is 0 Å². The van der Waals surface area contributed by atoms with Crippen LogP contribution in [-0.4, -0.2) is 21.9 Å². The molecule has 0 bridgehead atoms. The van der Waals surface area contributed by atoms with E-state index in [9.17, 15) is 4.79 Å². The third kappa shape index (κ3) is 5.36. The molecule has 0 unspecified atom stereocenters. The summed E-state index contributed by atoms with van der Waals surface area (Å²) in [6.07, 6.45) is 0. The molecule has 0 fully saturated rings. The monoisotopic (exact) mass is 469 g/mol. The minimum atomic E-state index is -0.149. The largest absolute Gasteiger partial charge is 0.484 e. The van der Waals surface area contributed by atoms with E-state index in [1.165, 1.54) is 11.8 Å². The van der Waals surface area contributed by atoms with Crippen LogP contribution in [0.5, 0.6) is 5.75 Å². The molecule has 0 saturated heterocycles. The first kappa shape index (κ1) is 19.5. The number of nitrogens with zero attached hydrogens (tertiary/aromatic N) is 2. The molecule has 1 heterocycles. The van der Waals surface area contributed by atoms with E-state index >= 15 is 0 Å². The van der Waals surface area contributed by atoms with Gasteiger partial charge in [0.25, 0.3) is 11.1 Å². The van der Waals surface area contributed by atoms with Crippen LogP contribution >= 0.6 is 27.7 Å². The van der Waals surface area contributed by atoms with E-state index in [-0.39, 0.29) is 18.3 Å². The molecule has 1 N–H and O–H groups in total. The summed E-state index contributed by atoms with van der Waals surface area (Å²) < 4.78 is 12.2. The summed E-state index contributed by atoms with van der Waals surface area (Å²) in [6.45, 7) is 0.164. The van der Waals surface area contributed by atoms with Crippen LogP contribution in [0.4, 0.5) is 5.69 Å². The topological polar surface area (TPSA) is 77.2 Å². The van der Waals surface area contributed by atoms with E-state index in [2.05, 4.69) is 31.4 Å². The number of rotatable bonds is 7. The zero-order valence-electron chi connectivity index (χ0n) is 15.2. The van der Waals surface area contributed by atoms with Crippen molar-refractivity contribution < 1.29 is 13.9 Å². The molecule has 0 aliphatic rings. The second-order valence-electron chi connectivity index (χ2n) is 6.10. The van der Waals surface area contributed by atoms with Crippen LogP contribution in [0.15, 0.2) is 80.8 Å². The highest BCUT2D eigenvalue weighted by Gasteiger charge is 2.11. The van der Waals surface area contributed by atoms with Gasteiger partial charge < -0.3 is 14.5 Å². The number of carbonyl (C=O) groups excluding carboxylic acids is 1. The minimum absolute atomic E-state index is 0.149. The van der Waals surface area contributed by atoms with E-state index in [1.807, 2.05) is 66.7 Å². The third-order valence-corrected chi connectivity index (χ3v) is 5.33. The van der Waals surface area contributed by atoms with Crippen LogP contribution in [-0.2, 0) is 11.4 Å². The fraction of sp³-hybridized carbons (Fsp3) is 0.0952. The quantitative estimate of drug-likeness (QED) is 0.370. The summed E-state index contributed by atoms with van der Waals surface area (Å²) in [6, 6.07) is 21.3. The van der Waals surface area contributed by atoms with Gasteiger partial charge in [-0.15, -0.1) is 10.2 Å². The first-order valence-electron chi connectivity index (χ1n) is 8.78. The summed E-state index contributed by atoms with van der Waals surface area (Å²) >= 11 is 4.54. The van der Waals surface area contributed by atoms with Gasteiger partial charge in [-0.05, 0) is 47.2 Å². The van der Waals surface area contributed by atoms with Crippen LogP contribution in [0, 0.1) is 0 Å². The van der Waals surface area contributed by atoms with E-state index < -0.39 is 0 Å². The molecule has 0 atom stereocenters. The second-order valence-corrected chi connectivity index (χ2v) is 7.95. The normalized spacial score (nSPS) is 10.8. The Bertz CT molecular complexity index is 1130. The highest BCUT2D eigenvalue weighted by Crippen LogP contribution is 2.22. The number of fused-ring (bicyclic) bond motifs is 1. The van der Waals surface area contributed by atoms with E-state index in [0.29, 0.717) is 11.1 Å². The van der Waals surface area contributed by atoms with Crippen LogP contribution in [0.25, 0.3) is 10.8 Å². The molecule has 29 heavy (non-hydrogen) atoms. The number of amides is 1. The number of ether oxygens (including phenoxy) is 1. The number of aromatic nitrogens is 2. The Labute approximate surface area is 179 Å². The highest BCUT2D eigenvalue weighted by molar-refractivity contribution is 9.10. The highest BCUT2D eigenvalue weighted by atomic mass is 79.9. The van der Waals surface area contributed by atoms with Crippen molar-refractivity contribution in [3.05, 3.63) is 77.1 Å². The number of halogens is 1. The lowest BCUT2D eigenvalue weighted by Gasteiger charge is -2.05. The number of anilines is 1. The molecular weight excluding hydrogens is 454 g/mol. The van der Waals surface area contributed by atoms with Crippen molar-refractivity contribution in [1.82, 2.24) is 10.2 Å². The van der Waals surface area contributed by atoms with Gasteiger partial charge in [-0.2, -0.15) is 0 Å². The smallest absolute Gasteiger partial charge is 0.277 e. The predicted octanol–water partition coefficient (Wildman–Crippen LogP) is 5.30. The molecule has 1 aromatic heterocycles. The second kappa shape index (κ2) is 9.11. The Morgan fingerprint density at radius 2 is 1.83 bits per heavy atom. The van der Waals surface area contributed by atoms with Gasteiger partial charge in [0.15, 0.2) is 6.61 Å². The lowest BCUT2D eigenvalue weighted by Crippen LogP contribution is -2.13. The molecule has 4 rings (SSSR count). The SMILES string of the molecule is O=C(CSc1nnc(COc2ccc3ccccc3c2)o1)Nc1ccc(Br)cc1. The van der Waals surface area contributed by atoms with Crippen LogP contribution in [0.3, 0.4) is 0 Å². The fourth-order valence-electron chi connectivity index (χ4n) is 2.61. The number of hydrogen-bond donors (Lipinski definition) is 1. The van der Waals surface area contributed by atoms with Crippen molar-refractivity contribution in [3.8, 4) is 5.75 Å². The van der Waals surface area contributed by atoms with Gasteiger partial charge in [0.2, 0.25) is 5.91 Å². The summed E-state index contributed by atoms with van der Waals surface area (Å²) in [5, 5.41) is 13.3. The Morgan fingerprint density at radius 1 is 1.03 bits per heavy atom. The Hall–Kier alpha value is -2.84. The molecule has 0 aliphatic heterocycles. The molecule has 1 amide bonds. The lowest BCUT2D eigenvalue weighted by atomic mass is 10.1. The van der Waals surface area contributed by atoms with Gasteiger partial charge in [-0.25, -0.2) is 0 Å². The van der Waals surface area contributed by atoms with Crippen molar-refractivity contribution in [2.24, 2.45) is 0 Å². The van der Waals surface area contributed by atoms with E-state index in [0.717, 1.165) is 26.7 Å². The van der Waals surface area contributed by atoms with Gasteiger partial charge >= 0.3 is 0 Å². The summed E-state index contributed by atoms with van der Waals surface area (Å²) in [5.74, 6) is 1.10. The van der Waals surface area contributed by atoms with Crippen molar-refractivity contribution in [2.75, 3.05) is 11.1 Å². The Kier molecular flexibility index (Phi) is 6.12. The zero-order valence-corrected chi connectivity index (χ0v) is 17.6. The van der Waals surface area contributed by atoms with Crippen molar-refractivity contribution in [1.29, 1.82) is 0 Å². The van der Waals surface area contributed by atoms with Gasteiger partial charge in [-0.3, -0.25) is 4.79 Å². The van der Waals surface area contributed by atoms with Gasteiger partial charge in [0.1, 0.15) is 5.75 Å². The first-order chi connectivity index (χ1) is 14.2. The van der Waals surface area contributed by atoms with Gasteiger partial charge in [0, 0.05) is 10.2 Å². The predicted molar refractivity (Wildman–Crippen MR) is 116 cm³/mol. The van der Waals surface area contributed by atoms with E-state index in [1.54, 1.807) is 0 Å². The third-order valence-electron chi connectivity index (χ3n) is 3.99. The number of benzene rings is 3. The maximum atomic E-state index is 12.0. The molecule has 3 aromatic carbocycles. The molecule has 4 aromatic rings. The molecule has 0 saturated carbocycles. The fourth-order valence-corrected chi connectivity index (χ4v) is 3.46. The van der Waals surface area contributed by atoms with Crippen molar-refractivity contribution >= 4 is 50.1 Å². The number of thioether (sulfide) groups is 1. The maximum Gasteiger partial charge on any atom is 0.277 e. The molecular formula is C21H16BrN3O3S. The molecule has 6 nitrogen and oxygen atoms in total. The summed E-state index contributed by atoms with van der Waals surface area (Å²) in [4.78, 5) is 12.0. The molecule has 0 radical (unpaired) electrons.